The molecule has 0 spiro atoms. The highest BCUT2D eigenvalue weighted by Gasteiger charge is 2.08. The van der Waals surface area contributed by atoms with Crippen LogP contribution in [0, 0.1) is 3.57 Å². The molecule has 140 valence electrons. The molecule has 0 unspecified atom stereocenters. The van der Waals surface area contributed by atoms with Crippen LogP contribution >= 0.6 is 34.4 Å². The largest absolute Gasteiger partial charge is 0.493 e. The Morgan fingerprint density at radius 1 is 1.00 bits per heavy atom. The van der Waals surface area contributed by atoms with Crippen molar-refractivity contribution in [2.45, 2.75) is 17.3 Å². The number of H-pyrrole nitrogens is 1. The first-order valence-electron chi connectivity index (χ1n) is 8.26. The number of benzene rings is 2. The molecule has 1 aromatic heterocycles. The van der Waals surface area contributed by atoms with Gasteiger partial charge in [0.15, 0.2) is 16.7 Å². The number of nitrogens with zero attached hydrogens (tertiary/aromatic N) is 1. The van der Waals surface area contributed by atoms with Gasteiger partial charge in [0.25, 0.3) is 5.56 Å². The number of rotatable bonds is 7. The SMILES string of the molecule is COc1ccc(Cc2cc(=O)[nH]c(SCc3ccc(I)cc3)n2)cc1OC. The van der Waals surface area contributed by atoms with Crippen LogP contribution < -0.4 is 15.0 Å². The highest BCUT2D eigenvalue weighted by atomic mass is 127. The van der Waals surface area contributed by atoms with Gasteiger partial charge in [-0.3, -0.25) is 4.79 Å². The average Bonchev–Trinajstić information content (AvgIpc) is 2.67. The molecule has 27 heavy (non-hydrogen) atoms. The first-order valence-corrected chi connectivity index (χ1v) is 10.3. The monoisotopic (exact) mass is 494 g/mol. The van der Waals surface area contributed by atoms with Crippen molar-refractivity contribution in [3.05, 3.63) is 79.3 Å². The summed E-state index contributed by atoms with van der Waals surface area (Å²) in [7, 11) is 3.21. The molecule has 1 N–H and O–H groups in total. The van der Waals surface area contributed by atoms with E-state index in [0.717, 1.165) is 17.0 Å². The molecule has 0 atom stereocenters. The fourth-order valence-corrected chi connectivity index (χ4v) is 3.78. The third kappa shape index (κ3) is 5.49. The van der Waals surface area contributed by atoms with Crippen molar-refractivity contribution in [3.63, 3.8) is 0 Å². The van der Waals surface area contributed by atoms with Gasteiger partial charge in [-0.05, 0) is 58.0 Å². The minimum atomic E-state index is -0.148. The summed E-state index contributed by atoms with van der Waals surface area (Å²) in [6.45, 7) is 0. The molecule has 0 saturated carbocycles. The molecule has 0 amide bonds. The van der Waals surface area contributed by atoms with E-state index in [-0.39, 0.29) is 5.56 Å². The van der Waals surface area contributed by atoms with Gasteiger partial charge in [0, 0.05) is 21.8 Å². The average molecular weight is 494 g/mol. The zero-order valence-electron chi connectivity index (χ0n) is 15.0. The zero-order valence-corrected chi connectivity index (χ0v) is 18.0. The molecule has 1 heterocycles. The third-order valence-electron chi connectivity index (χ3n) is 3.89. The minimum Gasteiger partial charge on any atom is -0.493 e. The van der Waals surface area contributed by atoms with E-state index in [9.17, 15) is 4.79 Å². The lowest BCUT2D eigenvalue weighted by Crippen LogP contribution is -2.10. The summed E-state index contributed by atoms with van der Waals surface area (Å²) in [4.78, 5) is 19.4. The molecular weight excluding hydrogens is 475 g/mol. The molecule has 3 rings (SSSR count). The number of halogens is 1. The molecule has 0 bridgehead atoms. The number of aromatic nitrogens is 2. The molecule has 3 aromatic rings. The molecule has 2 aromatic carbocycles. The predicted molar refractivity (Wildman–Crippen MR) is 116 cm³/mol. The molecule has 0 aliphatic rings. The maximum Gasteiger partial charge on any atom is 0.251 e. The van der Waals surface area contributed by atoms with E-state index in [4.69, 9.17) is 9.47 Å². The standard InChI is InChI=1S/C20H19IN2O3S/c1-25-17-8-5-14(10-18(17)26-2)9-16-11-19(24)23-20(22-16)27-12-13-3-6-15(21)7-4-13/h3-8,10-11H,9,12H2,1-2H3,(H,22,23,24). The van der Waals surface area contributed by atoms with Gasteiger partial charge in [-0.15, -0.1) is 0 Å². The maximum absolute atomic E-state index is 12.0. The first-order chi connectivity index (χ1) is 13.1. The fraction of sp³-hybridized carbons (Fsp3) is 0.200. The molecule has 5 nitrogen and oxygen atoms in total. The van der Waals surface area contributed by atoms with Crippen molar-refractivity contribution in [1.29, 1.82) is 0 Å². The Balaban J connectivity index is 1.75. The molecule has 0 aliphatic heterocycles. The molecular formula is C20H19IN2O3S. The van der Waals surface area contributed by atoms with Crippen molar-refractivity contribution >= 4 is 34.4 Å². The first kappa shape index (κ1) is 19.8. The molecule has 0 fully saturated rings. The van der Waals surface area contributed by atoms with Crippen LogP contribution in [-0.4, -0.2) is 24.2 Å². The van der Waals surface area contributed by atoms with Crippen LogP contribution in [0.25, 0.3) is 0 Å². The Kier molecular flexibility index (Phi) is 6.78. The highest BCUT2D eigenvalue weighted by Crippen LogP contribution is 2.28. The molecule has 0 aliphatic carbocycles. The summed E-state index contributed by atoms with van der Waals surface area (Å²) in [5, 5.41) is 0.622. The van der Waals surface area contributed by atoms with Crippen LogP contribution in [0.1, 0.15) is 16.8 Å². The van der Waals surface area contributed by atoms with E-state index in [2.05, 4.69) is 56.8 Å². The summed E-state index contributed by atoms with van der Waals surface area (Å²) >= 11 is 3.80. The van der Waals surface area contributed by atoms with Gasteiger partial charge in [-0.25, -0.2) is 4.98 Å². The zero-order chi connectivity index (χ0) is 19.2. The van der Waals surface area contributed by atoms with Crippen LogP contribution in [-0.2, 0) is 12.2 Å². The Morgan fingerprint density at radius 3 is 2.41 bits per heavy atom. The number of thioether (sulfide) groups is 1. The summed E-state index contributed by atoms with van der Waals surface area (Å²) in [6.07, 6.45) is 0.543. The second-order valence-corrected chi connectivity index (χ2v) is 8.03. The van der Waals surface area contributed by atoms with Gasteiger partial charge in [-0.2, -0.15) is 0 Å². The smallest absolute Gasteiger partial charge is 0.251 e. The van der Waals surface area contributed by atoms with Crippen molar-refractivity contribution in [2.75, 3.05) is 14.2 Å². The number of methoxy groups -OCH3 is 2. The third-order valence-corrected chi connectivity index (χ3v) is 5.56. The minimum absolute atomic E-state index is 0.148. The van der Waals surface area contributed by atoms with Crippen molar-refractivity contribution < 1.29 is 9.47 Å². The Labute approximate surface area is 175 Å². The summed E-state index contributed by atoms with van der Waals surface area (Å²) in [5.74, 6) is 2.08. The summed E-state index contributed by atoms with van der Waals surface area (Å²) in [6, 6.07) is 15.5. The maximum atomic E-state index is 12.0. The van der Waals surface area contributed by atoms with Crippen molar-refractivity contribution in [1.82, 2.24) is 9.97 Å². The predicted octanol–water partition coefficient (Wildman–Crippen LogP) is 4.27. The van der Waals surface area contributed by atoms with Crippen LogP contribution in [0.4, 0.5) is 0 Å². The van der Waals surface area contributed by atoms with E-state index < -0.39 is 0 Å². The quantitative estimate of drug-likeness (QED) is 0.302. The number of nitrogens with one attached hydrogen (secondary N) is 1. The second-order valence-electron chi connectivity index (χ2n) is 5.82. The van der Waals surface area contributed by atoms with E-state index >= 15 is 0 Å². The number of hydrogen-bond acceptors (Lipinski definition) is 5. The lowest BCUT2D eigenvalue weighted by molar-refractivity contribution is 0.354. The van der Waals surface area contributed by atoms with Gasteiger partial charge in [0.1, 0.15) is 0 Å². The second kappa shape index (κ2) is 9.27. The summed E-state index contributed by atoms with van der Waals surface area (Å²) < 4.78 is 11.8. The number of aromatic amines is 1. The van der Waals surface area contributed by atoms with Gasteiger partial charge in [0.05, 0.1) is 19.9 Å². The van der Waals surface area contributed by atoms with Gasteiger partial charge < -0.3 is 14.5 Å². The Hall–Kier alpha value is -2.00. The highest BCUT2D eigenvalue weighted by molar-refractivity contribution is 14.1. The molecule has 7 heteroatoms. The van der Waals surface area contributed by atoms with E-state index in [1.54, 1.807) is 14.2 Å². The number of hydrogen-bond donors (Lipinski definition) is 1. The van der Waals surface area contributed by atoms with Gasteiger partial charge >= 0.3 is 0 Å². The normalized spacial score (nSPS) is 10.6. The van der Waals surface area contributed by atoms with Crippen molar-refractivity contribution in [2.24, 2.45) is 0 Å². The lowest BCUT2D eigenvalue weighted by atomic mass is 10.1. The van der Waals surface area contributed by atoms with Crippen LogP contribution in [0.2, 0.25) is 0 Å². The summed E-state index contributed by atoms with van der Waals surface area (Å²) in [5.41, 5.74) is 2.76. The Bertz CT molecular complexity index is 974. The van der Waals surface area contributed by atoms with Gasteiger partial charge in [-0.1, -0.05) is 30.0 Å². The Morgan fingerprint density at radius 2 is 1.70 bits per heavy atom. The van der Waals surface area contributed by atoms with Crippen LogP contribution in [0.15, 0.2) is 58.5 Å². The van der Waals surface area contributed by atoms with E-state index in [0.29, 0.717) is 23.1 Å². The molecule has 0 radical (unpaired) electrons. The fourth-order valence-electron chi connectivity index (χ4n) is 2.57. The van der Waals surface area contributed by atoms with E-state index in [1.165, 1.54) is 27.0 Å². The van der Waals surface area contributed by atoms with Crippen molar-refractivity contribution in [3.8, 4) is 11.5 Å². The van der Waals surface area contributed by atoms with E-state index in [1.807, 2.05) is 18.2 Å². The lowest BCUT2D eigenvalue weighted by Gasteiger charge is -2.10. The number of ether oxygens (including phenoxy) is 2. The van der Waals surface area contributed by atoms with Gasteiger partial charge in [0.2, 0.25) is 0 Å². The molecule has 0 saturated heterocycles. The van der Waals surface area contributed by atoms with Crippen LogP contribution in [0.5, 0.6) is 11.5 Å². The van der Waals surface area contributed by atoms with Crippen LogP contribution in [0.3, 0.4) is 0 Å². The topological polar surface area (TPSA) is 64.2 Å².